The van der Waals surface area contributed by atoms with Gasteiger partial charge in [0.05, 0.1) is 13.2 Å². The lowest BCUT2D eigenvalue weighted by Gasteiger charge is -2.28. The van der Waals surface area contributed by atoms with Crippen LogP contribution in [0.5, 0.6) is 5.75 Å². The first-order chi connectivity index (χ1) is 11.7. The topological polar surface area (TPSA) is 50.8 Å². The molecule has 0 radical (unpaired) electrons. The van der Waals surface area contributed by atoms with Crippen LogP contribution in [0.4, 0.5) is 15.8 Å². The Morgan fingerprint density at radius 1 is 1.08 bits per heavy atom. The van der Waals surface area contributed by atoms with Crippen LogP contribution >= 0.6 is 0 Å². The summed E-state index contributed by atoms with van der Waals surface area (Å²) >= 11 is 0. The van der Waals surface area contributed by atoms with Crippen LogP contribution in [0, 0.1) is 5.82 Å². The largest absolute Gasteiger partial charge is 0.484 e. The summed E-state index contributed by atoms with van der Waals surface area (Å²) in [4.78, 5) is 14.1. The first-order valence-electron chi connectivity index (χ1n) is 7.82. The highest BCUT2D eigenvalue weighted by Gasteiger charge is 2.11. The molecule has 1 fully saturated rings. The summed E-state index contributed by atoms with van der Waals surface area (Å²) in [7, 11) is 0. The molecule has 3 rings (SSSR count). The Kier molecular flexibility index (Phi) is 5.28. The number of anilines is 2. The highest BCUT2D eigenvalue weighted by Crippen LogP contribution is 2.19. The molecule has 0 aliphatic carbocycles. The molecule has 1 aliphatic rings. The van der Waals surface area contributed by atoms with Crippen molar-refractivity contribution in [3.05, 3.63) is 54.3 Å². The van der Waals surface area contributed by atoms with E-state index in [0.717, 1.165) is 32.0 Å². The SMILES string of the molecule is O=C(COc1ccc(F)cc1)Nc1ccc(N2CCOCC2)cc1. The molecule has 2 aromatic rings. The first-order valence-corrected chi connectivity index (χ1v) is 7.82. The maximum atomic E-state index is 12.8. The van der Waals surface area contributed by atoms with Crippen molar-refractivity contribution in [1.82, 2.24) is 0 Å². The van der Waals surface area contributed by atoms with Gasteiger partial charge in [0.25, 0.3) is 5.91 Å². The van der Waals surface area contributed by atoms with Crippen molar-refractivity contribution in [2.45, 2.75) is 0 Å². The number of carbonyl (C=O) groups is 1. The molecule has 1 amide bonds. The number of hydrogen-bond donors (Lipinski definition) is 1. The highest BCUT2D eigenvalue weighted by atomic mass is 19.1. The number of ether oxygens (including phenoxy) is 2. The van der Waals surface area contributed by atoms with E-state index in [-0.39, 0.29) is 18.3 Å². The van der Waals surface area contributed by atoms with Crippen LogP contribution in [-0.4, -0.2) is 38.8 Å². The van der Waals surface area contributed by atoms with E-state index < -0.39 is 0 Å². The third-order valence-electron chi connectivity index (χ3n) is 3.71. The van der Waals surface area contributed by atoms with Crippen molar-refractivity contribution < 1.29 is 18.7 Å². The Bertz CT molecular complexity index is 668. The van der Waals surface area contributed by atoms with Gasteiger partial charge in [0, 0.05) is 24.5 Å². The molecule has 0 unspecified atom stereocenters. The van der Waals surface area contributed by atoms with E-state index in [4.69, 9.17) is 9.47 Å². The quantitative estimate of drug-likeness (QED) is 0.916. The average Bonchev–Trinajstić information content (AvgIpc) is 2.63. The lowest BCUT2D eigenvalue weighted by Crippen LogP contribution is -2.36. The summed E-state index contributed by atoms with van der Waals surface area (Å²) in [6.45, 7) is 3.09. The van der Waals surface area contributed by atoms with Crippen LogP contribution in [0.3, 0.4) is 0 Å². The number of carbonyl (C=O) groups excluding carboxylic acids is 1. The number of nitrogens with zero attached hydrogens (tertiary/aromatic N) is 1. The predicted molar refractivity (Wildman–Crippen MR) is 90.0 cm³/mol. The van der Waals surface area contributed by atoms with E-state index >= 15 is 0 Å². The van der Waals surface area contributed by atoms with E-state index in [1.54, 1.807) is 0 Å². The molecule has 126 valence electrons. The summed E-state index contributed by atoms with van der Waals surface area (Å²) in [6.07, 6.45) is 0. The molecular formula is C18H19FN2O3. The van der Waals surface area contributed by atoms with Crippen LogP contribution in [0.25, 0.3) is 0 Å². The molecule has 5 nitrogen and oxygen atoms in total. The molecule has 0 atom stereocenters. The van der Waals surface area contributed by atoms with Crippen LogP contribution < -0.4 is 15.0 Å². The Morgan fingerprint density at radius 2 is 1.75 bits per heavy atom. The van der Waals surface area contributed by atoms with Crippen molar-refractivity contribution in [2.75, 3.05) is 43.1 Å². The Labute approximate surface area is 140 Å². The second kappa shape index (κ2) is 7.79. The van der Waals surface area contributed by atoms with Crippen LogP contribution in [0.2, 0.25) is 0 Å². The van der Waals surface area contributed by atoms with Gasteiger partial charge in [0.1, 0.15) is 11.6 Å². The summed E-state index contributed by atoms with van der Waals surface area (Å²) < 4.78 is 23.4. The zero-order valence-electron chi connectivity index (χ0n) is 13.2. The van der Waals surface area contributed by atoms with Crippen LogP contribution in [0.15, 0.2) is 48.5 Å². The standard InChI is InChI=1S/C18H19FN2O3/c19-14-1-7-17(8-2-14)24-13-18(22)20-15-3-5-16(6-4-15)21-9-11-23-12-10-21/h1-8H,9-13H2,(H,20,22). The molecule has 24 heavy (non-hydrogen) atoms. The van der Waals surface area contributed by atoms with E-state index in [0.29, 0.717) is 11.4 Å². The first kappa shape index (κ1) is 16.3. The maximum absolute atomic E-state index is 12.8. The zero-order valence-corrected chi connectivity index (χ0v) is 13.2. The van der Waals surface area contributed by atoms with E-state index in [2.05, 4.69) is 10.2 Å². The van der Waals surface area contributed by atoms with Gasteiger partial charge in [-0.2, -0.15) is 0 Å². The Hall–Kier alpha value is -2.60. The molecule has 6 heteroatoms. The van der Waals surface area contributed by atoms with Crippen molar-refractivity contribution in [2.24, 2.45) is 0 Å². The minimum Gasteiger partial charge on any atom is -0.484 e. The van der Waals surface area contributed by atoms with Gasteiger partial charge < -0.3 is 19.7 Å². The molecular weight excluding hydrogens is 311 g/mol. The van der Waals surface area contributed by atoms with Gasteiger partial charge in [0.2, 0.25) is 0 Å². The van der Waals surface area contributed by atoms with E-state index in [1.165, 1.54) is 24.3 Å². The molecule has 0 saturated carbocycles. The smallest absolute Gasteiger partial charge is 0.262 e. The van der Waals surface area contributed by atoms with Gasteiger partial charge in [-0.15, -0.1) is 0 Å². The second-order valence-corrected chi connectivity index (χ2v) is 5.44. The summed E-state index contributed by atoms with van der Waals surface area (Å²) in [5.41, 5.74) is 1.82. The number of amides is 1. The number of rotatable bonds is 5. The van der Waals surface area contributed by atoms with Gasteiger partial charge in [-0.05, 0) is 48.5 Å². The molecule has 1 aliphatic heterocycles. The van der Waals surface area contributed by atoms with Gasteiger partial charge in [-0.1, -0.05) is 0 Å². The van der Waals surface area contributed by atoms with Gasteiger partial charge in [0.15, 0.2) is 6.61 Å². The molecule has 1 heterocycles. The summed E-state index contributed by atoms with van der Waals surface area (Å²) in [6, 6.07) is 13.2. The fourth-order valence-electron chi connectivity index (χ4n) is 2.45. The van der Waals surface area contributed by atoms with Crippen LogP contribution in [0.1, 0.15) is 0 Å². The minimum atomic E-state index is -0.341. The lowest BCUT2D eigenvalue weighted by atomic mass is 10.2. The molecule has 1 saturated heterocycles. The van der Waals surface area contributed by atoms with Gasteiger partial charge in [-0.25, -0.2) is 4.39 Å². The molecule has 0 aromatic heterocycles. The molecule has 0 spiro atoms. The van der Waals surface area contributed by atoms with E-state index in [9.17, 15) is 9.18 Å². The van der Waals surface area contributed by atoms with Crippen molar-refractivity contribution in [3.8, 4) is 5.75 Å². The maximum Gasteiger partial charge on any atom is 0.262 e. The fourth-order valence-corrected chi connectivity index (χ4v) is 2.45. The Morgan fingerprint density at radius 3 is 2.42 bits per heavy atom. The highest BCUT2D eigenvalue weighted by molar-refractivity contribution is 5.92. The Balaban J connectivity index is 1.49. The van der Waals surface area contributed by atoms with Crippen molar-refractivity contribution >= 4 is 17.3 Å². The van der Waals surface area contributed by atoms with Gasteiger partial charge >= 0.3 is 0 Å². The summed E-state index contributed by atoms with van der Waals surface area (Å²) in [5.74, 6) is -0.153. The fraction of sp³-hybridized carbons (Fsp3) is 0.278. The third-order valence-corrected chi connectivity index (χ3v) is 3.71. The van der Waals surface area contributed by atoms with Gasteiger partial charge in [-0.3, -0.25) is 4.79 Å². The number of halogens is 1. The number of hydrogen-bond acceptors (Lipinski definition) is 4. The molecule has 1 N–H and O–H groups in total. The lowest BCUT2D eigenvalue weighted by molar-refractivity contribution is -0.118. The van der Waals surface area contributed by atoms with E-state index in [1.807, 2.05) is 24.3 Å². The van der Waals surface area contributed by atoms with Crippen LogP contribution in [-0.2, 0) is 9.53 Å². The monoisotopic (exact) mass is 330 g/mol. The minimum absolute atomic E-state index is 0.128. The zero-order chi connectivity index (χ0) is 16.8. The van der Waals surface area contributed by atoms with Crippen molar-refractivity contribution in [1.29, 1.82) is 0 Å². The summed E-state index contributed by atoms with van der Waals surface area (Å²) in [5, 5.41) is 2.77. The number of nitrogens with one attached hydrogen (secondary N) is 1. The average molecular weight is 330 g/mol. The predicted octanol–water partition coefficient (Wildman–Crippen LogP) is 2.68. The van der Waals surface area contributed by atoms with Crippen molar-refractivity contribution in [3.63, 3.8) is 0 Å². The number of morpholine rings is 1. The normalized spacial score (nSPS) is 14.3. The molecule has 0 bridgehead atoms. The second-order valence-electron chi connectivity index (χ2n) is 5.44. The third kappa shape index (κ3) is 4.45. The number of benzene rings is 2. The molecule has 2 aromatic carbocycles.